The van der Waals surface area contributed by atoms with Crippen molar-refractivity contribution in [1.82, 2.24) is 4.90 Å². The molecule has 0 spiro atoms. The van der Waals surface area contributed by atoms with Gasteiger partial charge in [-0.15, -0.1) is 0 Å². The van der Waals surface area contributed by atoms with Crippen LogP contribution in [0.15, 0.2) is 0 Å². The largest absolute Gasteiger partial charge is 0.329 e. The average molecular weight is 232 g/mol. The number of sulfone groups is 1. The smallest absolute Gasteiger partial charge is 0.151 e. The van der Waals surface area contributed by atoms with Crippen molar-refractivity contribution in [2.45, 2.75) is 31.3 Å². The molecule has 0 bridgehead atoms. The molecule has 2 fully saturated rings. The van der Waals surface area contributed by atoms with Crippen LogP contribution in [0.2, 0.25) is 0 Å². The lowest BCUT2D eigenvalue weighted by molar-refractivity contribution is 0.172. The topological polar surface area (TPSA) is 63.4 Å². The Labute approximate surface area is 91.7 Å². The third-order valence-corrected chi connectivity index (χ3v) is 5.47. The molecule has 2 aliphatic rings. The zero-order chi connectivity index (χ0) is 11.1. The number of hydrogen-bond acceptors (Lipinski definition) is 4. The van der Waals surface area contributed by atoms with Crippen molar-refractivity contribution in [2.24, 2.45) is 11.7 Å². The zero-order valence-corrected chi connectivity index (χ0v) is 10.0. The number of rotatable bonds is 4. The SMILES string of the molecule is CN(C1CCS(=O)(=O)C1)C(CN)C1CC1. The van der Waals surface area contributed by atoms with Crippen molar-refractivity contribution in [1.29, 1.82) is 0 Å². The molecule has 2 unspecified atom stereocenters. The number of nitrogens with zero attached hydrogens (tertiary/aromatic N) is 1. The molecule has 1 saturated carbocycles. The lowest BCUT2D eigenvalue weighted by Crippen LogP contribution is -2.46. The van der Waals surface area contributed by atoms with Gasteiger partial charge in [-0.25, -0.2) is 8.42 Å². The van der Waals surface area contributed by atoms with Crippen molar-refractivity contribution in [3.05, 3.63) is 0 Å². The molecule has 1 aliphatic heterocycles. The van der Waals surface area contributed by atoms with E-state index in [-0.39, 0.29) is 6.04 Å². The standard InChI is InChI=1S/C10H20N2O2S/c1-12(10(6-11)8-2-3-8)9-4-5-15(13,14)7-9/h8-10H,2-7,11H2,1H3. The Kier molecular flexibility index (Phi) is 3.05. The number of likely N-dealkylation sites (N-methyl/N-ethyl adjacent to an activating group) is 1. The van der Waals surface area contributed by atoms with Gasteiger partial charge in [-0.05, 0) is 32.2 Å². The fourth-order valence-corrected chi connectivity index (χ4v) is 4.33. The van der Waals surface area contributed by atoms with Gasteiger partial charge in [-0.2, -0.15) is 0 Å². The van der Waals surface area contributed by atoms with Gasteiger partial charge in [0.1, 0.15) is 0 Å². The second-order valence-corrected chi connectivity index (χ2v) is 7.09. The summed E-state index contributed by atoms with van der Waals surface area (Å²) in [6.07, 6.45) is 3.29. The monoisotopic (exact) mass is 232 g/mol. The van der Waals surface area contributed by atoms with Crippen LogP contribution in [0.1, 0.15) is 19.3 Å². The first-order chi connectivity index (χ1) is 7.03. The normalized spacial score (nSPS) is 32.1. The summed E-state index contributed by atoms with van der Waals surface area (Å²) in [6.45, 7) is 0.651. The van der Waals surface area contributed by atoms with E-state index in [9.17, 15) is 8.42 Å². The summed E-state index contributed by atoms with van der Waals surface area (Å²) >= 11 is 0. The zero-order valence-electron chi connectivity index (χ0n) is 9.22. The highest BCUT2D eigenvalue weighted by Gasteiger charge is 2.39. The molecule has 0 amide bonds. The highest BCUT2D eigenvalue weighted by atomic mass is 32.2. The summed E-state index contributed by atoms with van der Waals surface area (Å²) in [5.74, 6) is 1.39. The van der Waals surface area contributed by atoms with Crippen LogP contribution in [-0.2, 0) is 9.84 Å². The van der Waals surface area contributed by atoms with Gasteiger partial charge in [-0.3, -0.25) is 4.90 Å². The molecule has 1 saturated heterocycles. The quantitative estimate of drug-likeness (QED) is 0.732. The molecule has 0 aromatic heterocycles. The predicted molar refractivity (Wildman–Crippen MR) is 60.4 cm³/mol. The molecule has 0 radical (unpaired) electrons. The summed E-state index contributed by atoms with van der Waals surface area (Å²) in [4.78, 5) is 2.21. The Morgan fingerprint density at radius 1 is 1.40 bits per heavy atom. The second-order valence-electron chi connectivity index (χ2n) is 4.86. The molecule has 5 heteroatoms. The van der Waals surface area contributed by atoms with E-state index in [4.69, 9.17) is 5.73 Å². The summed E-state index contributed by atoms with van der Waals surface area (Å²) in [5, 5.41) is 0. The highest BCUT2D eigenvalue weighted by Crippen LogP contribution is 2.36. The van der Waals surface area contributed by atoms with Crippen molar-refractivity contribution in [3.8, 4) is 0 Å². The number of hydrogen-bond donors (Lipinski definition) is 1. The molecule has 88 valence electrons. The van der Waals surface area contributed by atoms with Crippen LogP contribution in [0.25, 0.3) is 0 Å². The van der Waals surface area contributed by atoms with Crippen LogP contribution in [0, 0.1) is 5.92 Å². The van der Waals surface area contributed by atoms with Gasteiger partial charge in [0.25, 0.3) is 0 Å². The van der Waals surface area contributed by atoms with Crippen LogP contribution < -0.4 is 5.73 Å². The van der Waals surface area contributed by atoms with Crippen molar-refractivity contribution in [2.75, 3.05) is 25.1 Å². The Morgan fingerprint density at radius 2 is 2.07 bits per heavy atom. The summed E-state index contributed by atoms with van der Waals surface area (Å²) in [6, 6.07) is 0.590. The Morgan fingerprint density at radius 3 is 2.47 bits per heavy atom. The van der Waals surface area contributed by atoms with Crippen LogP contribution in [0.5, 0.6) is 0 Å². The second kappa shape index (κ2) is 4.03. The highest BCUT2D eigenvalue weighted by molar-refractivity contribution is 7.91. The first kappa shape index (κ1) is 11.4. The van der Waals surface area contributed by atoms with Gasteiger partial charge in [0, 0.05) is 18.6 Å². The lowest BCUT2D eigenvalue weighted by atomic mass is 10.1. The first-order valence-electron chi connectivity index (χ1n) is 5.66. The van der Waals surface area contributed by atoms with E-state index in [1.165, 1.54) is 12.8 Å². The maximum absolute atomic E-state index is 11.4. The van der Waals surface area contributed by atoms with E-state index in [1.807, 2.05) is 7.05 Å². The van der Waals surface area contributed by atoms with E-state index in [2.05, 4.69) is 4.90 Å². The van der Waals surface area contributed by atoms with E-state index in [0.717, 1.165) is 6.42 Å². The van der Waals surface area contributed by atoms with Crippen LogP contribution in [0.4, 0.5) is 0 Å². The fourth-order valence-electron chi connectivity index (χ4n) is 2.54. The predicted octanol–water partition coefficient (Wildman–Crippen LogP) is -0.157. The summed E-state index contributed by atoms with van der Waals surface area (Å²) in [5.41, 5.74) is 5.76. The third kappa shape index (κ3) is 2.52. The van der Waals surface area contributed by atoms with Crippen molar-refractivity contribution in [3.63, 3.8) is 0 Å². The van der Waals surface area contributed by atoms with Crippen LogP contribution in [0.3, 0.4) is 0 Å². The molecular weight excluding hydrogens is 212 g/mol. The van der Waals surface area contributed by atoms with Gasteiger partial charge in [-0.1, -0.05) is 0 Å². The number of nitrogens with two attached hydrogens (primary N) is 1. The molecule has 1 heterocycles. The maximum Gasteiger partial charge on any atom is 0.151 e. The maximum atomic E-state index is 11.4. The van der Waals surface area contributed by atoms with Crippen molar-refractivity contribution < 1.29 is 8.42 Å². The summed E-state index contributed by atoms with van der Waals surface area (Å²) in [7, 11) is -0.741. The molecular formula is C10H20N2O2S. The molecule has 0 aromatic carbocycles. The Bertz CT molecular complexity index is 324. The average Bonchev–Trinajstić information content (AvgIpc) is 2.92. The molecule has 4 nitrogen and oxygen atoms in total. The molecule has 15 heavy (non-hydrogen) atoms. The van der Waals surface area contributed by atoms with Crippen molar-refractivity contribution >= 4 is 9.84 Å². The first-order valence-corrected chi connectivity index (χ1v) is 7.48. The van der Waals surface area contributed by atoms with Gasteiger partial charge in [0.05, 0.1) is 11.5 Å². The Hall–Kier alpha value is -0.130. The van der Waals surface area contributed by atoms with E-state index in [0.29, 0.717) is 30.0 Å². The molecule has 0 aromatic rings. The van der Waals surface area contributed by atoms with E-state index in [1.54, 1.807) is 0 Å². The third-order valence-electron chi connectivity index (χ3n) is 3.72. The van der Waals surface area contributed by atoms with E-state index >= 15 is 0 Å². The van der Waals surface area contributed by atoms with Crippen LogP contribution >= 0.6 is 0 Å². The Balaban J connectivity index is 1.98. The minimum Gasteiger partial charge on any atom is -0.329 e. The minimum absolute atomic E-state index is 0.198. The minimum atomic E-state index is -2.77. The molecule has 2 rings (SSSR count). The lowest BCUT2D eigenvalue weighted by Gasteiger charge is -2.31. The fraction of sp³-hybridized carbons (Fsp3) is 1.00. The van der Waals surface area contributed by atoms with Gasteiger partial charge in [0.15, 0.2) is 9.84 Å². The van der Waals surface area contributed by atoms with Gasteiger partial charge in [0.2, 0.25) is 0 Å². The molecule has 1 aliphatic carbocycles. The summed E-state index contributed by atoms with van der Waals surface area (Å²) < 4.78 is 22.8. The van der Waals surface area contributed by atoms with Crippen LogP contribution in [-0.4, -0.2) is 50.5 Å². The van der Waals surface area contributed by atoms with E-state index < -0.39 is 9.84 Å². The van der Waals surface area contributed by atoms with Gasteiger partial charge >= 0.3 is 0 Å². The van der Waals surface area contributed by atoms with Gasteiger partial charge < -0.3 is 5.73 Å². The molecule has 2 atom stereocenters. The molecule has 2 N–H and O–H groups in total.